The van der Waals surface area contributed by atoms with Crippen LogP contribution in [0.5, 0.6) is 0 Å². The molecular weight excluding hydrogens is 347 g/mol. The van der Waals surface area contributed by atoms with Crippen LogP contribution in [0.4, 0.5) is 10.2 Å². The van der Waals surface area contributed by atoms with Gasteiger partial charge in [0.05, 0.1) is 17.4 Å². The van der Waals surface area contributed by atoms with Gasteiger partial charge in [-0.1, -0.05) is 25.5 Å². The maximum Gasteiger partial charge on any atom is 0.363 e. The Bertz CT molecular complexity index is 935. The van der Waals surface area contributed by atoms with Gasteiger partial charge in [0.25, 0.3) is 10.0 Å². The van der Waals surface area contributed by atoms with E-state index >= 15 is 0 Å². The molecule has 25 heavy (non-hydrogen) atoms. The molecule has 134 valence electrons. The number of hydrogen-bond acceptors (Lipinski definition) is 5. The molecule has 2 rings (SSSR count). The molecule has 2 aromatic rings. The number of halogens is 1. The molecule has 1 aromatic heterocycles. The van der Waals surface area contributed by atoms with E-state index in [-0.39, 0.29) is 8.87 Å². The molecular formula is C16H19FN4O3S. The second kappa shape index (κ2) is 7.56. The van der Waals surface area contributed by atoms with Crippen molar-refractivity contribution >= 4 is 22.2 Å². The molecule has 0 aliphatic heterocycles. The molecule has 1 aromatic carbocycles. The highest BCUT2D eigenvalue weighted by molar-refractivity contribution is 7.90. The fourth-order valence-corrected chi connectivity index (χ4v) is 3.26. The topological polar surface area (TPSA) is 84.6 Å². The molecule has 0 fully saturated rings. The minimum Gasteiger partial charge on any atom is -0.369 e. The summed E-state index contributed by atoms with van der Waals surface area (Å²) in [6, 6.07) is 6.12. The van der Waals surface area contributed by atoms with Gasteiger partial charge < -0.3 is 4.90 Å². The summed E-state index contributed by atoms with van der Waals surface area (Å²) in [7, 11) is -0.909. The van der Waals surface area contributed by atoms with E-state index in [0.29, 0.717) is 6.20 Å². The van der Waals surface area contributed by atoms with E-state index < -0.39 is 27.3 Å². The van der Waals surface area contributed by atoms with Gasteiger partial charge in [0.2, 0.25) is 0 Å². The summed E-state index contributed by atoms with van der Waals surface area (Å²) in [6.45, 7) is 2.01. The zero-order valence-corrected chi connectivity index (χ0v) is 15.0. The molecule has 7 nitrogen and oxygen atoms in total. The summed E-state index contributed by atoms with van der Waals surface area (Å²) in [5.74, 6) is -1.48. The van der Waals surface area contributed by atoms with Gasteiger partial charge in [-0.3, -0.25) is 0 Å². The van der Waals surface area contributed by atoms with E-state index in [4.69, 9.17) is 0 Å². The minimum absolute atomic E-state index is 0.111. The number of aliphatic imine (C=N–C) groups is 1. The predicted octanol–water partition coefficient (Wildman–Crippen LogP) is 1.79. The first-order valence-corrected chi connectivity index (χ1v) is 9.04. The van der Waals surface area contributed by atoms with Gasteiger partial charge in [0, 0.05) is 14.1 Å². The van der Waals surface area contributed by atoms with Gasteiger partial charge in [-0.05, 0) is 24.1 Å². The third-order valence-corrected chi connectivity index (χ3v) is 4.91. The van der Waals surface area contributed by atoms with E-state index in [2.05, 4.69) is 9.98 Å². The number of rotatable bonds is 6. The average Bonchev–Trinajstić information content (AvgIpc) is 2.56. The van der Waals surface area contributed by atoms with Crippen molar-refractivity contribution in [1.29, 1.82) is 0 Å². The van der Waals surface area contributed by atoms with Crippen molar-refractivity contribution in [3.05, 3.63) is 52.3 Å². The van der Waals surface area contributed by atoms with E-state index in [1.807, 2.05) is 6.92 Å². The summed E-state index contributed by atoms with van der Waals surface area (Å²) in [4.78, 5) is 20.6. The predicted molar refractivity (Wildman–Crippen MR) is 93.3 cm³/mol. The molecule has 0 bridgehead atoms. The minimum atomic E-state index is -4.23. The zero-order chi connectivity index (χ0) is 18.6. The summed E-state index contributed by atoms with van der Waals surface area (Å²) in [6.07, 6.45) is 3.59. The molecule has 0 aliphatic rings. The van der Waals surface area contributed by atoms with Crippen LogP contribution in [0, 0.1) is 5.82 Å². The first-order chi connectivity index (χ1) is 11.8. The SMILES string of the molecule is CCCc1ccc(S(=O)(=O)n2cc(F)c(N=CN(C)C)nc2=O)cc1. The Labute approximate surface area is 145 Å². The normalized spacial score (nSPS) is 11.8. The highest BCUT2D eigenvalue weighted by Crippen LogP contribution is 2.17. The van der Waals surface area contributed by atoms with Crippen LogP contribution >= 0.6 is 0 Å². The monoisotopic (exact) mass is 366 g/mol. The Balaban J connectivity index is 2.46. The van der Waals surface area contributed by atoms with Crippen LogP contribution < -0.4 is 5.69 Å². The fraction of sp³-hybridized carbons (Fsp3) is 0.312. The lowest BCUT2D eigenvalue weighted by Crippen LogP contribution is -2.29. The lowest BCUT2D eigenvalue weighted by molar-refractivity contribution is 0.571. The Hall–Kier alpha value is -2.55. The van der Waals surface area contributed by atoms with Crippen molar-refractivity contribution in [2.45, 2.75) is 24.7 Å². The van der Waals surface area contributed by atoms with Crippen LogP contribution in [0.25, 0.3) is 0 Å². The molecule has 1 heterocycles. The second-order valence-electron chi connectivity index (χ2n) is 5.60. The lowest BCUT2D eigenvalue weighted by Gasteiger charge is -2.09. The first-order valence-electron chi connectivity index (χ1n) is 7.60. The standard InChI is InChI=1S/C16H19FN4O3S/c1-4-5-12-6-8-13(9-7-12)25(23,24)21-10-14(17)15(19-16(21)22)18-11-20(2)3/h6-11H,4-5H2,1-3H3. The third kappa shape index (κ3) is 4.30. The van der Waals surface area contributed by atoms with Crippen molar-refractivity contribution in [1.82, 2.24) is 13.9 Å². The number of hydrogen-bond donors (Lipinski definition) is 0. The highest BCUT2D eigenvalue weighted by Gasteiger charge is 2.21. The zero-order valence-electron chi connectivity index (χ0n) is 14.2. The van der Waals surface area contributed by atoms with E-state index in [1.165, 1.54) is 23.4 Å². The van der Waals surface area contributed by atoms with Gasteiger partial charge >= 0.3 is 5.69 Å². The molecule has 0 saturated heterocycles. The van der Waals surface area contributed by atoms with Crippen LogP contribution in [0.15, 0.2) is 45.1 Å². The molecule has 0 atom stereocenters. The van der Waals surface area contributed by atoms with Gasteiger partial charge in [-0.25, -0.2) is 22.6 Å². The van der Waals surface area contributed by atoms with Gasteiger partial charge in [0.15, 0.2) is 11.6 Å². The molecule has 0 spiro atoms. The highest BCUT2D eigenvalue weighted by atomic mass is 32.2. The summed E-state index contributed by atoms with van der Waals surface area (Å²) < 4.78 is 39.5. The fourth-order valence-electron chi connectivity index (χ4n) is 2.07. The average molecular weight is 366 g/mol. The molecule has 0 amide bonds. The number of benzene rings is 1. The third-order valence-electron chi connectivity index (χ3n) is 3.26. The molecule has 0 aliphatic carbocycles. The van der Waals surface area contributed by atoms with Crippen LogP contribution in [0.2, 0.25) is 0 Å². The van der Waals surface area contributed by atoms with E-state index in [9.17, 15) is 17.6 Å². The van der Waals surface area contributed by atoms with E-state index in [0.717, 1.165) is 18.4 Å². The Morgan fingerprint density at radius 2 is 1.92 bits per heavy atom. The molecule has 0 N–H and O–H groups in total. The Morgan fingerprint density at radius 1 is 1.28 bits per heavy atom. The molecule has 0 unspecified atom stereocenters. The maximum atomic E-state index is 14.1. The van der Waals surface area contributed by atoms with Gasteiger partial charge in [0.1, 0.15) is 0 Å². The largest absolute Gasteiger partial charge is 0.369 e. The molecule has 9 heteroatoms. The summed E-state index contributed by atoms with van der Waals surface area (Å²) in [5, 5.41) is 0. The first kappa shape index (κ1) is 18.8. The van der Waals surface area contributed by atoms with Crippen molar-refractivity contribution < 1.29 is 12.8 Å². The van der Waals surface area contributed by atoms with Crippen LogP contribution in [-0.4, -0.2) is 42.7 Å². The summed E-state index contributed by atoms with van der Waals surface area (Å²) >= 11 is 0. The Morgan fingerprint density at radius 3 is 2.48 bits per heavy atom. The van der Waals surface area contributed by atoms with Gasteiger partial charge in [-0.2, -0.15) is 8.96 Å². The number of aryl methyl sites for hydroxylation is 1. The van der Waals surface area contributed by atoms with Crippen molar-refractivity contribution in [3.63, 3.8) is 0 Å². The Kier molecular flexibility index (Phi) is 5.68. The summed E-state index contributed by atoms with van der Waals surface area (Å²) in [5.41, 5.74) is -0.142. The smallest absolute Gasteiger partial charge is 0.363 e. The van der Waals surface area contributed by atoms with E-state index in [1.54, 1.807) is 26.2 Å². The maximum absolute atomic E-state index is 14.1. The van der Waals surface area contributed by atoms with Crippen molar-refractivity contribution in [2.75, 3.05) is 14.1 Å². The second-order valence-corrected chi connectivity index (χ2v) is 7.41. The number of aromatic nitrogens is 2. The number of nitrogens with zero attached hydrogens (tertiary/aromatic N) is 4. The van der Waals surface area contributed by atoms with Crippen molar-refractivity contribution in [2.24, 2.45) is 4.99 Å². The van der Waals surface area contributed by atoms with Crippen molar-refractivity contribution in [3.8, 4) is 0 Å². The van der Waals surface area contributed by atoms with Crippen LogP contribution in [-0.2, 0) is 16.4 Å². The molecule has 0 radical (unpaired) electrons. The van der Waals surface area contributed by atoms with Crippen LogP contribution in [0.1, 0.15) is 18.9 Å². The lowest BCUT2D eigenvalue weighted by atomic mass is 10.1. The van der Waals surface area contributed by atoms with Gasteiger partial charge in [-0.15, -0.1) is 0 Å². The van der Waals surface area contributed by atoms with Crippen LogP contribution in [0.3, 0.4) is 0 Å². The quantitative estimate of drug-likeness (QED) is 0.575. The molecule has 0 saturated carbocycles.